The summed E-state index contributed by atoms with van der Waals surface area (Å²) < 4.78 is 40.2. The van der Waals surface area contributed by atoms with Gasteiger partial charge in [0, 0.05) is 0 Å². The normalized spacial score (nSPS) is 11.7. The molecule has 2 N–H and O–H groups in total. The molecule has 0 saturated carbocycles. The third-order valence-corrected chi connectivity index (χ3v) is 2.34. The molecule has 0 bridgehead atoms. The van der Waals surface area contributed by atoms with Gasteiger partial charge < -0.3 is 19.9 Å². The maximum Gasteiger partial charge on any atom is 0.257 e. The van der Waals surface area contributed by atoms with E-state index in [2.05, 4.69) is 0 Å². The van der Waals surface area contributed by atoms with Gasteiger partial charge in [-0.2, -0.15) is 0 Å². The molecule has 1 rings (SSSR count). The van der Waals surface area contributed by atoms with Crippen LogP contribution >= 0.6 is 12.4 Å². The smallest absolute Gasteiger partial charge is 0.257 e. The van der Waals surface area contributed by atoms with Gasteiger partial charge in [0.2, 0.25) is 5.75 Å². The van der Waals surface area contributed by atoms with Crippen LogP contribution in [-0.2, 0) is 0 Å². The lowest BCUT2D eigenvalue weighted by Gasteiger charge is -2.17. The summed E-state index contributed by atoms with van der Waals surface area (Å²) in [5, 5.41) is 0. The summed E-state index contributed by atoms with van der Waals surface area (Å²) in [6, 6.07) is 1.44. The van der Waals surface area contributed by atoms with Crippen molar-refractivity contribution in [2.75, 3.05) is 21.3 Å². The van der Waals surface area contributed by atoms with Crippen molar-refractivity contribution in [1.82, 2.24) is 0 Å². The van der Waals surface area contributed by atoms with Crippen LogP contribution in [0.3, 0.4) is 0 Å². The summed E-state index contributed by atoms with van der Waals surface area (Å²) in [7, 11) is 4.26. The summed E-state index contributed by atoms with van der Waals surface area (Å²) in [5.41, 5.74) is 5.61. The first-order valence-corrected chi connectivity index (χ1v) is 4.88. The molecule has 7 heteroatoms. The lowest BCUT2D eigenvalue weighted by Crippen LogP contribution is -2.19. The van der Waals surface area contributed by atoms with Crippen LogP contribution in [0.5, 0.6) is 17.2 Å². The van der Waals surface area contributed by atoms with Crippen LogP contribution in [0.2, 0.25) is 0 Å². The van der Waals surface area contributed by atoms with Crippen LogP contribution in [-0.4, -0.2) is 27.8 Å². The number of ether oxygens (including phenoxy) is 3. The highest BCUT2D eigenvalue weighted by Crippen LogP contribution is 2.40. The van der Waals surface area contributed by atoms with Crippen molar-refractivity contribution in [1.29, 1.82) is 0 Å². The summed E-state index contributed by atoms with van der Waals surface area (Å²) in [6.07, 6.45) is -2.65. The van der Waals surface area contributed by atoms with E-state index >= 15 is 0 Å². The molecule has 0 heterocycles. The quantitative estimate of drug-likeness (QED) is 0.901. The molecular formula is C11H16ClF2NO3. The van der Waals surface area contributed by atoms with Gasteiger partial charge in [0.15, 0.2) is 11.5 Å². The van der Waals surface area contributed by atoms with Crippen molar-refractivity contribution in [3.8, 4) is 17.2 Å². The molecule has 0 spiro atoms. The maximum atomic E-state index is 12.5. The maximum absolute atomic E-state index is 12.5. The molecule has 0 aliphatic rings. The zero-order chi connectivity index (χ0) is 13.0. The van der Waals surface area contributed by atoms with Gasteiger partial charge in [0.25, 0.3) is 6.43 Å². The van der Waals surface area contributed by atoms with Crippen molar-refractivity contribution in [3.63, 3.8) is 0 Å². The molecule has 0 amide bonds. The van der Waals surface area contributed by atoms with Crippen LogP contribution in [0.15, 0.2) is 12.1 Å². The molecule has 1 atom stereocenters. The molecule has 0 unspecified atom stereocenters. The summed E-state index contributed by atoms with van der Waals surface area (Å²) >= 11 is 0. The Balaban J connectivity index is 0.00000289. The monoisotopic (exact) mass is 283 g/mol. The van der Waals surface area contributed by atoms with E-state index in [9.17, 15) is 8.78 Å². The fourth-order valence-electron chi connectivity index (χ4n) is 1.44. The number of methoxy groups -OCH3 is 3. The first kappa shape index (κ1) is 16.7. The minimum absolute atomic E-state index is 0. The Kier molecular flexibility index (Phi) is 6.72. The number of hydrogen-bond acceptors (Lipinski definition) is 4. The van der Waals surface area contributed by atoms with Crippen molar-refractivity contribution >= 4 is 12.4 Å². The third kappa shape index (κ3) is 3.36. The molecule has 1 aromatic rings. The molecule has 18 heavy (non-hydrogen) atoms. The second kappa shape index (κ2) is 7.23. The van der Waals surface area contributed by atoms with E-state index in [0.717, 1.165) is 0 Å². The molecule has 0 radical (unpaired) electrons. The van der Waals surface area contributed by atoms with E-state index < -0.39 is 12.5 Å². The Morgan fingerprint density at radius 2 is 1.44 bits per heavy atom. The van der Waals surface area contributed by atoms with E-state index in [0.29, 0.717) is 17.2 Å². The van der Waals surface area contributed by atoms with Gasteiger partial charge in [-0.25, -0.2) is 8.78 Å². The predicted molar refractivity (Wildman–Crippen MR) is 66.3 cm³/mol. The lowest BCUT2D eigenvalue weighted by molar-refractivity contribution is 0.116. The Bertz CT molecular complexity index is 366. The number of nitrogens with two attached hydrogens (primary N) is 1. The standard InChI is InChI=1S/C11H15F2NO3.ClH/c1-15-7-4-6(9(14)11(12)13)5-8(16-2)10(7)17-3;/h4-5,9,11H,14H2,1-3H3;1H/t9-;/m1./s1. The summed E-state index contributed by atoms with van der Waals surface area (Å²) in [6.45, 7) is 0. The van der Waals surface area contributed by atoms with Gasteiger partial charge >= 0.3 is 0 Å². The summed E-state index contributed by atoms with van der Waals surface area (Å²) in [4.78, 5) is 0. The fourth-order valence-corrected chi connectivity index (χ4v) is 1.44. The Morgan fingerprint density at radius 3 is 1.72 bits per heavy atom. The largest absolute Gasteiger partial charge is 0.493 e. The summed E-state index contributed by atoms with van der Waals surface area (Å²) in [5.74, 6) is 0.955. The van der Waals surface area contributed by atoms with E-state index in [4.69, 9.17) is 19.9 Å². The minimum atomic E-state index is -2.65. The van der Waals surface area contributed by atoms with Crippen molar-refractivity contribution in [2.45, 2.75) is 12.5 Å². The number of benzene rings is 1. The van der Waals surface area contributed by atoms with Crippen LogP contribution < -0.4 is 19.9 Å². The average Bonchev–Trinajstić information content (AvgIpc) is 2.35. The molecule has 1 aromatic carbocycles. The van der Waals surface area contributed by atoms with Crippen LogP contribution in [0, 0.1) is 0 Å². The molecule has 0 aliphatic carbocycles. The van der Waals surface area contributed by atoms with Crippen LogP contribution in [0.4, 0.5) is 8.78 Å². The van der Waals surface area contributed by atoms with Crippen molar-refractivity contribution in [2.24, 2.45) is 5.73 Å². The first-order chi connectivity index (χ1) is 8.04. The Morgan fingerprint density at radius 1 is 1.00 bits per heavy atom. The second-order valence-corrected chi connectivity index (χ2v) is 3.32. The molecular weight excluding hydrogens is 268 g/mol. The number of alkyl halides is 2. The van der Waals surface area contributed by atoms with Crippen molar-refractivity contribution in [3.05, 3.63) is 17.7 Å². The molecule has 4 nitrogen and oxygen atoms in total. The average molecular weight is 284 g/mol. The Labute approximate surface area is 110 Å². The third-order valence-electron chi connectivity index (χ3n) is 2.34. The fraction of sp³-hybridized carbons (Fsp3) is 0.455. The highest BCUT2D eigenvalue weighted by molar-refractivity contribution is 5.85. The van der Waals surface area contributed by atoms with Gasteiger partial charge in [0.1, 0.15) is 0 Å². The van der Waals surface area contributed by atoms with Crippen LogP contribution in [0.25, 0.3) is 0 Å². The van der Waals surface area contributed by atoms with E-state index in [1.165, 1.54) is 33.5 Å². The number of halogens is 3. The molecule has 104 valence electrons. The molecule has 0 fully saturated rings. The minimum Gasteiger partial charge on any atom is -0.493 e. The highest BCUT2D eigenvalue weighted by atomic mass is 35.5. The SMILES string of the molecule is COc1cc([C@@H](N)C(F)F)cc(OC)c1OC.Cl. The zero-order valence-electron chi connectivity index (χ0n) is 10.3. The number of rotatable bonds is 5. The van der Waals surface area contributed by atoms with Gasteiger partial charge in [0.05, 0.1) is 27.4 Å². The predicted octanol–water partition coefficient (Wildman–Crippen LogP) is 2.40. The highest BCUT2D eigenvalue weighted by Gasteiger charge is 2.22. The molecule has 0 saturated heterocycles. The molecule has 0 aromatic heterocycles. The number of hydrogen-bond donors (Lipinski definition) is 1. The topological polar surface area (TPSA) is 53.7 Å². The van der Waals surface area contributed by atoms with Gasteiger partial charge in [-0.3, -0.25) is 0 Å². The second-order valence-electron chi connectivity index (χ2n) is 3.32. The van der Waals surface area contributed by atoms with E-state index in [1.807, 2.05) is 0 Å². The lowest BCUT2D eigenvalue weighted by atomic mass is 10.1. The van der Waals surface area contributed by atoms with E-state index in [1.54, 1.807) is 0 Å². The zero-order valence-corrected chi connectivity index (χ0v) is 11.1. The van der Waals surface area contributed by atoms with Gasteiger partial charge in [-0.15, -0.1) is 12.4 Å². The van der Waals surface area contributed by atoms with E-state index in [-0.39, 0.29) is 18.0 Å². The first-order valence-electron chi connectivity index (χ1n) is 4.88. The molecule has 0 aliphatic heterocycles. The van der Waals surface area contributed by atoms with Crippen LogP contribution in [0.1, 0.15) is 11.6 Å². The van der Waals surface area contributed by atoms with Crippen molar-refractivity contribution < 1.29 is 23.0 Å². The van der Waals surface area contributed by atoms with Gasteiger partial charge in [-0.05, 0) is 17.7 Å². The van der Waals surface area contributed by atoms with Gasteiger partial charge in [-0.1, -0.05) is 0 Å². The Hall–Kier alpha value is -1.27.